The van der Waals surface area contributed by atoms with Gasteiger partial charge in [-0.1, -0.05) is 25.4 Å². The number of rotatable bonds is 4. The summed E-state index contributed by atoms with van der Waals surface area (Å²) in [5.74, 6) is 2.54. The Morgan fingerprint density at radius 1 is 1.20 bits per heavy atom. The van der Waals surface area contributed by atoms with E-state index in [0.29, 0.717) is 6.04 Å². The maximum absolute atomic E-state index is 6.15. The van der Waals surface area contributed by atoms with E-state index in [1.807, 2.05) is 13.0 Å². The molecular formula is C17H26ClNO. The van der Waals surface area contributed by atoms with Gasteiger partial charge in [-0.2, -0.15) is 0 Å². The number of hydrogen-bond acceptors (Lipinski definition) is 2. The van der Waals surface area contributed by atoms with Crippen molar-refractivity contribution < 1.29 is 4.74 Å². The molecule has 1 N–H and O–H groups in total. The maximum Gasteiger partial charge on any atom is 0.143 e. The predicted octanol–water partition coefficient (Wildman–Crippen LogP) is 5.28. The van der Waals surface area contributed by atoms with Gasteiger partial charge in [0.25, 0.3) is 0 Å². The second kappa shape index (κ2) is 6.71. The number of methoxy groups -OCH3 is 1. The van der Waals surface area contributed by atoms with Gasteiger partial charge >= 0.3 is 0 Å². The Kier molecular flexibility index (Phi) is 5.20. The zero-order valence-corrected chi connectivity index (χ0v) is 13.8. The summed E-state index contributed by atoms with van der Waals surface area (Å²) in [7, 11) is 1.70. The van der Waals surface area contributed by atoms with Gasteiger partial charge in [-0.25, -0.2) is 0 Å². The van der Waals surface area contributed by atoms with Crippen LogP contribution in [-0.4, -0.2) is 13.2 Å². The van der Waals surface area contributed by atoms with Crippen molar-refractivity contribution in [2.75, 3.05) is 12.4 Å². The lowest BCUT2D eigenvalue weighted by atomic mass is 9.79. The first-order chi connectivity index (χ1) is 9.51. The van der Waals surface area contributed by atoms with Crippen molar-refractivity contribution in [1.29, 1.82) is 0 Å². The minimum atomic E-state index is 0.555. The Morgan fingerprint density at radius 2 is 1.85 bits per heavy atom. The first-order valence-corrected chi connectivity index (χ1v) is 7.99. The van der Waals surface area contributed by atoms with Crippen LogP contribution in [0, 0.1) is 18.8 Å². The van der Waals surface area contributed by atoms with Gasteiger partial charge in [0.15, 0.2) is 0 Å². The number of halogens is 1. The summed E-state index contributed by atoms with van der Waals surface area (Å²) >= 11 is 6.15. The largest absolute Gasteiger partial charge is 0.495 e. The summed E-state index contributed by atoms with van der Waals surface area (Å²) in [4.78, 5) is 0. The highest BCUT2D eigenvalue weighted by atomic mass is 35.5. The van der Waals surface area contributed by atoms with Crippen molar-refractivity contribution in [3.63, 3.8) is 0 Å². The maximum atomic E-state index is 6.15. The molecule has 0 unspecified atom stereocenters. The van der Waals surface area contributed by atoms with Gasteiger partial charge in [-0.05, 0) is 56.1 Å². The third-order valence-corrected chi connectivity index (χ3v) is 4.96. The van der Waals surface area contributed by atoms with Crippen molar-refractivity contribution in [2.24, 2.45) is 11.8 Å². The van der Waals surface area contributed by atoms with E-state index in [1.165, 1.54) is 25.7 Å². The summed E-state index contributed by atoms with van der Waals surface area (Å²) in [5, 5.41) is 4.40. The molecule has 0 radical (unpaired) electrons. The second-order valence-corrected chi connectivity index (χ2v) is 6.71. The van der Waals surface area contributed by atoms with Gasteiger partial charge in [0, 0.05) is 17.1 Å². The average molecular weight is 296 g/mol. The molecule has 0 spiro atoms. The summed E-state index contributed by atoms with van der Waals surface area (Å²) in [5.41, 5.74) is 2.16. The Hall–Kier alpha value is -0.890. The van der Waals surface area contributed by atoms with Crippen LogP contribution < -0.4 is 10.1 Å². The molecule has 0 aromatic heterocycles. The summed E-state index contributed by atoms with van der Waals surface area (Å²) in [6, 6.07) is 4.55. The molecule has 1 fully saturated rings. The van der Waals surface area contributed by atoms with Gasteiger partial charge in [-0.15, -0.1) is 0 Å². The Balaban J connectivity index is 2.02. The van der Waals surface area contributed by atoms with Gasteiger partial charge in [0.1, 0.15) is 5.75 Å². The average Bonchev–Trinajstić information content (AvgIpc) is 2.43. The van der Waals surface area contributed by atoms with E-state index in [4.69, 9.17) is 16.3 Å². The van der Waals surface area contributed by atoms with Crippen molar-refractivity contribution in [1.82, 2.24) is 0 Å². The van der Waals surface area contributed by atoms with Crippen LogP contribution in [0.5, 0.6) is 5.75 Å². The van der Waals surface area contributed by atoms with Crippen LogP contribution in [-0.2, 0) is 0 Å². The molecule has 1 saturated carbocycles. The topological polar surface area (TPSA) is 21.3 Å². The van der Waals surface area contributed by atoms with E-state index in [0.717, 1.165) is 33.9 Å². The number of aryl methyl sites for hydroxylation is 1. The Bertz CT molecular complexity index is 451. The smallest absolute Gasteiger partial charge is 0.143 e. The second-order valence-electron chi connectivity index (χ2n) is 6.30. The van der Waals surface area contributed by atoms with Crippen LogP contribution in [0.3, 0.4) is 0 Å². The fourth-order valence-electron chi connectivity index (χ4n) is 3.10. The molecule has 0 aliphatic heterocycles. The molecule has 112 valence electrons. The number of hydrogen-bond donors (Lipinski definition) is 1. The fraction of sp³-hybridized carbons (Fsp3) is 0.647. The first kappa shape index (κ1) is 15.5. The molecule has 20 heavy (non-hydrogen) atoms. The van der Waals surface area contributed by atoms with Gasteiger partial charge in [0.2, 0.25) is 0 Å². The van der Waals surface area contributed by atoms with Crippen molar-refractivity contribution in [3.05, 3.63) is 22.7 Å². The predicted molar refractivity (Wildman–Crippen MR) is 86.9 cm³/mol. The summed E-state index contributed by atoms with van der Waals surface area (Å²) < 4.78 is 5.44. The third-order valence-electron chi connectivity index (χ3n) is 4.56. The molecular weight excluding hydrogens is 270 g/mol. The summed E-state index contributed by atoms with van der Waals surface area (Å²) in [6.45, 7) is 6.70. The highest BCUT2D eigenvalue weighted by Gasteiger charge is 2.23. The SMILES string of the molecule is COc1cc(Cl)c(C)cc1NC1CCC(C(C)C)CC1. The highest BCUT2D eigenvalue weighted by Crippen LogP contribution is 2.35. The lowest BCUT2D eigenvalue weighted by Crippen LogP contribution is -2.28. The molecule has 1 aliphatic rings. The molecule has 1 aromatic carbocycles. The Morgan fingerprint density at radius 3 is 2.40 bits per heavy atom. The minimum absolute atomic E-state index is 0.555. The van der Waals surface area contributed by atoms with Crippen LogP contribution in [0.25, 0.3) is 0 Å². The third kappa shape index (κ3) is 3.60. The Labute approximate surface area is 127 Å². The zero-order chi connectivity index (χ0) is 14.7. The normalized spacial score (nSPS) is 22.9. The number of nitrogens with one attached hydrogen (secondary N) is 1. The standard InChI is InChI=1S/C17H26ClNO/c1-11(2)13-5-7-14(8-6-13)19-16-9-12(3)15(18)10-17(16)20-4/h9-11,13-14,19H,5-8H2,1-4H3. The molecule has 2 rings (SSSR count). The number of anilines is 1. The number of ether oxygens (including phenoxy) is 1. The fourth-order valence-corrected chi connectivity index (χ4v) is 3.25. The van der Waals surface area contributed by atoms with Crippen LogP contribution in [0.15, 0.2) is 12.1 Å². The first-order valence-electron chi connectivity index (χ1n) is 7.62. The van der Waals surface area contributed by atoms with Crippen molar-refractivity contribution >= 4 is 17.3 Å². The molecule has 1 aliphatic carbocycles. The molecule has 0 atom stereocenters. The zero-order valence-electron chi connectivity index (χ0n) is 13.0. The number of benzene rings is 1. The molecule has 1 aromatic rings. The molecule has 0 heterocycles. The van der Waals surface area contributed by atoms with Crippen molar-refractivity contribution in [2.45, 2.75) is 52.5 Å². The van der Waals surface area contributed by atoms with Gasteiger partial charge in [0.05, 0.1) is 12.8 Å². The monoisotopic (exact) mass is 295 g/mol. The van der Waals surface area contributed by atoms with Crippen LogP contribution >= 0.6 is 11.6 Å². The minimum Gasteiger partial charge on any atom is -0.495 e. The van der Waals surface area contributed by atoms with E-state index in [1.54, 1.807) is 7.11 Å². The van der Waals surface area contributed by atoms with Gasteiger partial charge in [-0.3, -0.25) is 0 Å². The van der Waals surface area contributed by atoms with E-state index in [9.17, 15) is 0 Å². The lowest BCUT2D eigenvalue weighted by Gasteiger charge is -2.32. The van der Waals surface area contributed by atoms with E-state index in [-0.39, 0.29) is 0 Å². The van der Waals surface area contributed by atoms with Crippen LogP contribution in [0.4, 0.5) is 5.69 Å². The molecule has 0 amide bonds. The molecule has 2 nitrogen and oxygen atoms in total. The van der Waals surface area contributed by atoms with Gasteiger partial charge < -0.3 is 10.1 Å². The highest BCUT2D eigenvalue weighted by molar-refractivity contribution is 6.31. The van der Waals surface area contributed by atoms with Crippen LogP contribution in [0.2, 0.25) is 5.02 Å². The van der Waals surface area contributed by atoms with E-state index >= 15 is 0 Å². The summed E-state index contributed by atoms with van der Waals surface area (Å²) in [6.07, 6.45) is 5.13. The molecule has 3 heteroatoms. The van der Waals surface area contributed by atoms with Crippen molar-refractivity contribution in [3.8, 4) is 5.75 Å². The quantitative estimate of drug-likeness (QED) is 0.815. The van der Waals surface area contributed by atoms with E-state index < -0.39 is 0 Å². The molecule has 0 bridgehead atoms. The van der Waals surface area contributed by atoms with E-state index in [2.05, 4.69) is 25.2 Å². The van der Waals surface area contributed by atoms with Crippen LogP contribution in [0.1, 0.15) is 45.1 Å². The molecule has 0 saturated heterocycles. The lowest BCUT2D eigenvalue weighted by molar-refractivity contribution is 0.266.